The number of benzene rings is 1. The van der Waals surface area contributed by atoms with E-state index in [2.05, 4.69) is 15.6 Å². The fraction of sp³-hybridized carbons (Fsp3) is 0.167. The number of aryl methyl sites for hydroxylation is 1. The lowest BCUT2D eigenvalue weighted by molar-refractivity contribution is -0.120. The van der Waals surface area contributed by atoms with Crippen LogP contribution in [0.25, 0.3) is 5.69 Å². The van der Waals surface area contributed by atoms with Crippen molar-refractivity contribution in [3.8, 4) is 5.69 Å². The van der Waals surface area contributed by atoms with E-state index in [1.165, 1.54) is 0 Å². The highest BCUT2D eigenvalue weighted by atomic mass is 32.1. The van der Waals surface area contributed by atoms with E-state index in [1.54, 1.807) is 17.6 Å². The number of rotatable bonds is 5. The summed E-state index contributed by atoms with van der Waals surface area (Å²) in [6.45, 7) is 3.92. The lowest BCUT2D eigenvalue weighted by atomic mass is 10.2. The Morgan fingerprint density at radius 1 is 1.25 bits per heavy atom. The maximum absolute atomic E-state index is 11.9. The summed E-state index contributed by atoms with van der Waals surface area (Å²) < 4.78 is 1.88. The van der Waals surface area contributed by atoms with E-state index in [0.29, 0.717) is 6.42 Å². The number of thiophene rings is 1. The maximum atomic E-state index is 11.9. The molecule has 0 atom stereocenters. The second-order valence-electron chi connectivity index (χ2n) is 5.38. The monoisotopic (exact) mass is 338 g/mol. The van der Waals surface area contributed by atoms with Gasteiger partial charge in [-0.05, 0) is 37.4 Å². The molecule has 0 radical (unpaired) electrons. The topological polar surface area (TPSA) is 59.3 Å². The summed E-state index contributed by atoms with van der Waals surface area (Å²) in [5, 5.41) is 10.6. The fourth-order valence-electron chi connectivity index (χ4n) is 2.44. The number of nitrogens with zero attached hydrogens (tertiary/aromatic N) is 3. The lowest BCUT2D eigenvalue weighted by Crippen LogP contribution is -2.19. The van der Waals surface area contributed by atoms with Crippen molar-refractivity contribution < 1.29 is 4.79 Å². The third kappa shape index (κ3) is 3.60. The van der Waals surface area contributed by atoms with Gasteiger partial charge in [-0.15, -0.1) is 11.3 Å². The van der Waals surface area contributed by atoms with Gasteiger partial charge in [0.05, 0.1) is 29.7 Å². The van der Waals surface area contributed by atoms with E-state index in [1.807, 2.05) is 66.4 Å². The van der Waals surface area contributed by atoms with Crippen LogP contribution in [-0.4, -0.2) is 21.9 Å². The summed E-state index contributed by atoms with van der Waals surface area (Å²) in [5.41, 5.74) is 6.33. The zero-order valence-corrected chi connectivity index (χ0v) is 14.4. The van der Waals surface area contributed by atoms with Crippen LogP contribution in [0.5, 0.6) is 0 Å². The lowest BCUT2D eigenvalue weighted by Gasteiger charge is -2.03. The Kier molecular flexibility index (Phi) is 4.86. The number of hydrogen-bond acceptors (Lipinski definition) is 4. The number of aromatic nitrogens is 2. The SMILES string of the molecule is Cc1nn(-c2ccccc2)c(C)c1/C=N\NC(=O)Cc1cccs1. The molecule has 1 N–H and O–H groups in total. The first kappa shape index (κ1) is 16.1. The first-order valence-corrected chi connectivity index (χ1v) is 8.49. The third-order valence-corrected chi connectivity index (χ3v) is 4.52. The zero-order chi connectivity index (χ0) is 16.9. The van der Waals surface area contributed by atoms with E-state index in [0.717, 1.165) is 27.5 Å². The Bertz CT molecular complexity index is 851. The van der Waals surface area contributed by atoms with E-state index in [9.17, 15) is 4.79 Å². The normalized spacial score (nSPS) is 11.1. The van der Waals surface area contributed by atoms with E-state index in [-0.39, 0.29) is 5.91 Å². The van der Waals surface area contributed by atoms with Crippen molar-refractivity contribution in [3.63, 3.8) is 0 Å². The van der Waals surface area contributed by atoms with Crippen LogP contribution in [0.3, 0.4) is 0 Å². The molecular formula is C18H18N4OS. The van der Waals surface area contributed by atoms with Gasteiger partial charge in [0, 0.05) is 10.4 Å². The van der Waals surface area contributed by atoms with Crippen LogP contribution in [0, 0.1) is 13.8 Å². The smallest absolute Gasteiger partial charge is 0.245 e. The average molecular weight is 338 g/mol. The quantitative estimate of drug-likeness (QED) is 0.573. The van der Waals surface area contributed by atoms with Crippen molar-refractivity contribution in [3.05, 3.63) is 69.7 Å². The number of carbonyl (C=O) groups is 1. The molecule has 0 aliphatic carbocycles. The van der Waals surface area contributed by atoms with Gasteiger partial charge in [-0.1, -0.05) is 24.3 Å². The molecule has 0 aliphatic heterocycles. The van der Waals surface area contributed by atoms with E-state index >= 15 is 0 Å². The van der Waals surface area contributed by atoms with Gasteiger partial charge < -0.3 is 0 Å². The average Bonchev–Trinajstić information content (AvgIpc) is 3.18. The van der Waals surface area contributed by atoms with Gasteiger partial charge >= 0.3 is 0 Å². The number of hydrazone groups is 1. The molecule has 0 unspecified atom stereocenters. The van der Waals surface area contributed by atoms with Crippen LogP contribution in [0.4, 0.5) is 0 Å². The Labute approximate surface area is 144 Å². The molecule has 0 saturated carbocycles. The highest BCUT2D eigenvalue weighted by Gasteiger charge is 2.11. The molecule has 0 bridgehead atoms. The number of nitrogens with one attached hydrogen (secondary N) is 1. The zero-order valence-electron chi connectivity index (χ0n) is 13.6. The van der Waals surface area contributed by atoms with Gasteiger partial charge in [0.15, 0.2) is 0 Å². The van der Waals surface area contributed by atoms with Gasteiger partial charge in [0.25, 0.3) is 0 Å². The summed E-state index contributed by atoms with van der Waals surface area (Å²) in [4.78, 5) is 12.9. The van der Waals surface area contributed by atoms with Crippen LogP contribution >= 0.6 is 11.3 Å². The number of amides is 1. The first-order chi connectivity index (χ1) is 11.6. The van der Waals surface area contributed by atoms with Crippen molar-refractivity contribution in [1.82, 2.24) is 15.2 Å². The molecule has 1 amide bonds. The highest BCUT2D eigenvalue weighted by Crippen LogP contribution is 2.16. The minimum absolute atomic E-state index is 0.126. The minimum Gasteiger partial charge on any atom is -0.273 e. The molecule has 0 spiro atoms. The highest BCUT2D eigenvalue weighted by molar-refractivity contribution is 7.10. The molecule has 24 heavy (non-hydrogen) atoms. The summed E-state index contributed by atoms with van der Waals surface area (Å²) in [6, 6.07) is 13.8. The molecule has 6 heteroatoms. The Hall–Kier alpha value is -2.73. The molecule has 0 saturated heterocycles. The second-order valence-corrected chi connectivity index (χ2v) is 6.41. The summed E-state index contributed by atoms with van der Waals surface area (Å²) in [7, 11) is 0. The van der Waals surface area contributed by atoms with E-state index in [4.69, 9.17) is 0 Å². The summed E-state index contributed by atoms with van der Waals surface area (Å²) >= 11 is 1.56. The number of carbonyl (C=O) groups excluding carboxylic acids is 1. The largest absolute Gasteiger partial charge is 0.273 e. The van der Waals surface area contributed by atoms with Crippen molar-refractivity contribution in [2.24, 2.45) is 5.10 Å². The first-order valence-electron chi connectivity index (χ1n) is 7.61. The molecule has 2 heterocycles. The van der Waals surface area contributed by atoms with Crippen LogP contribution in [-0.2, 0) is 11.2 Å². The van der Waals surface area contributed by atoms with Gasteiger partial charge in [0.1, 0.15) is 0 Å². The molecule has 122 valence electrons. The number of hydrogen-bond donors (Lipinski definition) is 1. The van der Waals surface area contributed by atoms with Crippen molar-refractivity contribution >= 4 is 23.5 Å². The predicted octanol–water partition coefficient (Wildman–Crippen LogP) is 3.24. The molecular weight excluding hydrogens is 320 g/mol. The van der Waals surface area contributed by atoms with Crippen LogP contribution in [0.2, 0.25) is 0 Å². The molecule has 3 aromatic rings. The summed E-state index contributed by atoms with van der Waals surface area (Å²) in [5.74, 6) is -0.126. The maximum Gasteiger partial charge on any atom is 0.245 e. The minimum atomic E-state index is -0.126. The Morgan fingerprint density at radius 2 is 2.04 bits per heavy atom. The molecule has 1 aromatic carbocycles. The standard InChI is InChI=1S/C18H18N4OS/c1-13-17(12-19-20-18(23)11-16-9-6-10-24-16)14(2)22(21-13)15-7-4-3-5-8-15/h3-10,12H,11H2,1-2H3,(H,20,23)/b19-12-. The van der Waals surface area contributed by atoms with Crippen LogP contribution in [0.1, 0.15) is 21.8 Å². The van der Waals surface area contributed by atoms with Crippen molar-refractivity contribution in [2.45, 2.75) is 20.3 Å². The Balaban J connectivity index is 1.71. The molecule has 3 rings (SSSR count). The molecule has 2 aromatic heterocycles. The molecule has 0 fully saturated rings. The molecule has 5 nitrogen and oxygen atoms in total. The predicted molar refractivity (Wildman–Crippen MR) is 96.8 cm³/mol. The third-order valence-electron chi connectivity index (χ3n) is 3.65. The summed E-state index contributed by atoms with van der Waals surface area (Å²) in [6.07, 6.45) is 2.00. The fourth-order valence-corrected chi connectivity index (χ4v) is 3.15. The van der Waals surface area contributed by atoms with Crippen LogP contribution < -0.4 is 5.43 Å². The second kappa shape index (κ2) is 7.23. The van der Waals surface area contributed by atoms with Crippen molar-refractivity contribution in [1.29, 1.82) is 0 Å². The van der Waals surface area contributed by atoms with Crippen molar-refractivity contribution in [2.75, 3.05) is 0 Å². The van der Waals surface area contributed by atoms with Crippen LogP contribution in [0.15, 0.2) is 52.9 Å². The van der Waals surface area contributed by atoms with Gasteiger partial charge in [-0.25, -0.2) is 10.1 Å². The van der Waals surface area contributed by atoms with Gasteiger partial charge in [-0.3, -0.25) is 4.79 Å². The van der Waals surface area contributed by atoms with Gasteiger partial charge in [0.2, 0.25) is 5.91 Å². The van der Waals surface area contributed by atoms with E-state index < -0.39 is 0 Å². The number of para-hydroxylation sites is 1. The van der Waals surface area contributed by atoms with Gasteiger partial charge in [-0.2, -0.15) is 10.2 Å². The molecule has 0 aliphatic rings. The Morgan fingerprint density at radius 3 is 2.75 bits per heavy atom.